The maximum absolute atomic E-state index is 12.7. The van der Waals surface area contributed by atoms with Gasteiger partial charge in [-0.3, -0.25) is 4.79 Å². The van der Waals surface area contributed by atoms with E-state index in [9.17, 15) is 44.3 Å². The number of sulfonamides is 1. The highest BCUT2D eigenvalue weighted by molar-refractivity contribution is 7.92. The number of rotatable bonds is 7. The molecule has 0 fully saturated rings. The summed E-state index contributed by atoms with van der Waals surface area (Å²) in [6, 6.07) is 5.91. The van der Waals surface area contributed by atoms with Crippen LogP contribution in [-0.4, -0.2) is 37.7 Å². The molecule has 0 bridgehead atoms. The van der Waals surface area contributed by atoms with E-state index in [1.807, 2.05) is 0 Å². The Morgan fingerprint density at radius 1 is 0.973 bits per heavy atom. The maximum Gasteiger partial charge on any atom is 0.495 e. The number of hydrogen-bond acceptors (Lipinski definition) is 8. The molecule has 37 heavy (non-hydrogen) atoms. The van der Waals surface area contributed by atoms with E-state index in [4.69, 9.17) is 4.52 Å². The minimum absolute atomic E-state index is 0.00394. The molecule has 0 saturated heterocycles. The molecule has 10 nitrogen and oxygen atoms in total. The quantitative estimate of drug-likeness (QED) is 0.259. The van der Waals surface area contributed by atoms with Gasteiger partial charge in [0, 0.05) is 11.6 Å². The monoisotopic (exact) mass is 553 g/mol. The Morgan fingerprint density at radius 2 is 1.59 bits per heavy atom. The lowest BCUT2D eigenvalue weighted by Crippen LogP contribution is -2.52. The van der Waals surface area contributed by atoms with Gasteiger partial charge in [-0.15, -0.1) is 0 Å². The van der Waals surface area contributed by atoms with Crippen LogP contribution in [0.3, 0.4) is 0 Å². The minimum atomic E-state index is -5.50. The van der Waals surface area contributed by atoms with Gasteiger partial charge in [-0.05, 0) is 48.9 Å². The number of nitrogens with one attached hydrogen (secondary N) is 2. The van der Waals surface area contributed by atoms with E-state index in [0.717, 1.165) is 30.3 Å². The first-order chi connectivity index (χ1) is 17.0. The zero-order valence-corrected chi connectivity index (χ0v) is 19.4. The second kappa shape index (κ2) is 9.72. The van der Waals surface area contributed by atoms with Crippen LogP contribution in [0.25, 0.3) is 0 Å². The van der Waals surface area contributed by atoms with E-state index in [0.29, 0.717) is 17.3 Å². The lowest BCUT2D eigenvalue weighted by Gasteiger charge is -2.10. The fourth-order valence-electron chi connectivity index (χ4n) is 2.65. The molecule has 0 amide bonds. The number of carbonyl (C=O) groups excluding carboxylic acids is 2. The molecule has 0 radical (unpaired) electrons. The van der Waals surface area contributed by atoms with E-state index in [1.54, 1.807) is 13.8 Å². The zero-order chi connectivity index (χ0) is 27.8. The highest BCUT2D eigenvalue weighted by Gasteiger charge is 2.45. The topological polar surface area (TPSA) is 131 Å². The van der Waals surface area contributed by atoms with Gasteiger partial charge in [-0.2, -0.15) is 26.3 Å². The maximum atomic E-state index is 12.7. The first-order valence-electron chi connectivity index (χ1n) is 9.78. The largest absolute Gasteiger partial charge is 0.495 e. The van der Waals surface area contributed by atoms with Gasteiger partial charge in [-0.1, -0.05) is 5.16 Å². The number of aromatic nitrogens is 2. The van der Waals surface area contributed by atoms with Crippen LogP contribution in [0.4, 0.5) is 43.7 Å². The van der Waals surface area contributed by atoms with Gasteiger partial charge in [0.05, 0.1) is 16.2 Å². The van der Waals surface area contributed by atoms with Gasteiger partial charge in [0.1, 0.15) is 11.9 Å². The van der Waals surface area contributed by atoms with E-state index < -0.39 is 45.5 Å². The summed E-state index contributed by atoms with van der Waals surface area (Å²) >= 11 is 0. The normalized spacial score (nSPS) is 12.2. The number of aryl methyl sites for hydroxylation is 1. The molecule has 0 aliphatic heterocycles. The lowest BCUT2D eigenvalue weighted by atomic mass is 10.2. The molecule has 0 atom stereocenters. The van der Waals surface area contributed by atoms with Gasteiger partial charge >= 0.3 is 24.1 Å². The smallest absolute Gasteiger partial charge is 0.337 e. The predicted molar refractivity (Wildman–Crippen MR) is 111 cm³/mol. The number of alkyl halides is 6. The van der Waals surface area contributed by atoms with Crippen molar-refractivity contribution in [1.29, 1.82) is 0 Å². The first kappa shape index (κ1) is 27.4. The van der Waals surface area contributed by atoms with Gasteiger partial charge in [0.25, 0.3) is 15.8 Å². The van der Waals surface area contributed by atoms with E-state index in [2.05, 4.69) is 20.0 Å². The Kier molecular flexibility index (Phi) is 7.21. The van der Waals surface area contributed by atoms with Crippen molar-refractivity contribution < 1.29 is 58.4 Å². The van der Waals surface area contributed by atoms with Crippen LogP contribution in [0, 0.1) is 13.8 Å². The van der Waals surface area contributed by atoms with E-state index >= 15 is 0 Å². The second-order valence-corrected chi connectivity index (χ2v) is 8.99. The molecule has 2 N–H and O–H groups in total. The summed E-state index contributed by atoms with van der Waals surface area (Å²) < 4.78 is 108. The average molecular weight is 553 g/mol. The Labute approximate surface area is 203 Å². The van der Waals surface area contributed by atoms with Gasteiger partial charge in [-0.25, -0.2) is 28.1 Å². The number of nitrogens with zero attached hydrogens (tertiary/aromatic N) is 2. The van der Waals surface area contributed by atoms with Gasteiger partial charge in [0.2, 0.25) is 5.88 Å². The number of pyridine rings is 1. The molecular formula is C20H15F6N4O6S+. The van der Waals surface area contributed by atoms with Crippen LogP contribution in [0.1, 0.15) is 21.6 Å². The van der Waals surface area contributed by atoms with Crippen molar-refractivity contribution in [3.63, 3.8) is 0 Å². The minimum Gasteiger partial charge on any atom is -0.337 e. The third-order valence-electron chi connectivity index (χ3n) is 4.67. The number of benzene rings is 1. The molecule has 0 spiro atoms. The van der Waals surface area contributed by atoms with Crippen molar-refractivity contribution in [2.24, 2.45) is 0 Å². The summed E-state index contributed by atoms with van der Waals surface area (Å²) in [5.41, 5.74) is -0.178. The van der Waals surface area contributed by atoms with Crippen molar-refractivity contribution in [3.8, 4) is 0 Å². The number of ketones is 1. The molecule has 2 aromatic heterocycles. The zero-order valence-electron chi connectivity index (χ0n) is 18.6. The first-order valence-corrected chi connectivity index (χ1v) is 11.3. The molecule has 2 heterocycles. The average Bonchev–Trinajstić information content (AvgIpc) is 3.10. The van der Waals surface area contributed by atoms with Crippen LogP contribution < -0.4 is 19.6 Å². The molecule has 1 aromatic carbocycles. The SMILES string of the molecule is Cc1noc(NS(=O)(=O)c2ccc(Nc3ccc(C(=O)C(F)(F)F)c[n+]3OC(=O)C(F)(F)F)cc2)c1C. The Balaban J connectivity index is 1.89. The summed E-state index contributed by atoms with van der Waals surface area (Å²) in [4.78, 5) is 26.6. The molecule has 0 aliphatic rings. The highest BCUT2D eigenvalue weighted by atomic mass is 32.2. The standard InChI is InChI=1S/C20H14F6N4O6S/c1-10-11(2)28-35-17(10)29-37(33,34)14-6-4-13(5-7-14)27-15-8-3-12(16(31)19(21,22)23)9-30(15)36-18(32)20(24,25)26/h3-9H,1-2H3,(H,28,29)/p+1. The summed E-state index contributed by atoms with van der Waals surface area (Å²) in [6.45, 7) is 3.17. The molecule has 17 heteroatoms. The lowest BCUT2D eigenvalue weighted by molar-refractivity contribution is -0.859. The third-order valence-corrected chi connectivity index (χ3v) is 6.02. The Hall–Kier alpha value is -4.15. The molecule has 0 unspecified atom stereocenters. The summed E-state index contributed by atoms with van der Waals surface area (Å²) in [5, 5.41) is 6.08. The van der Waals surface area contributed by atoms with Crippen molar-refractivity contribution in [2.75, 3.05) is 10.0 Å². The fourth-order valence-corrected chi connectivity index (χ4v) is 3.70. The molecular weight excluding hydrogens is 538 g/mol. The van der Waals surface area contributed by atoms with E-state index in [-0.39, 0.29) is 27.4 Å². The van der Waals surface area contributed by atoms with Crippen molar-refractivity contribution in [1.82, 2.24) is 5.16 Å². The van der Waals surface area contributed by atoms with Crippen molar-refractivity contribution in [3.05, 3.63) is 59.4 Å². The number of anilines is 3. The summed E-state index contributed by atoms with van der Waals surface area (Å²) in [7, 11) is -4.14. The van der Waals surface area contributed by atoms with Crippen LogP contribution in [0.15, 0.2) is 52.0 Å². The molecule has 3 rings (SSSR count). The Morgan fingerprint density at radius 3 is 2.11 bits per heavy atom. The van der Waals surface area contributed by atoms with Crippen molar-refractivity contribution in [2.45, 2.75) is 31.1 Å². The van der Waals surface area contributed by atoms with Crippen LogP contribution in [0.2, 0.25) is 0 Å². The number of halogens is 6. The third kappa shape index (κ3) is 6.35. The summed E-state index contributed by atoms with van der Waals surface area (Å²) in [5.74, 6) is -5.78. The second-order valence-electron chi connectivity index (χ2n) is 7.31. The molecule has 3 aromatic rings. The highest BCUT2D eigenvalue weighted by Crippen LogP contribution is 2.25. The van der Waals surface area contributed by atoms with E-state index in [1.165, 1.54) is 0 Å². The number of Topliss-reactive ketones (excluding diaryl/α,β-unsaturated/α-hetero) is 1. The predicted octanol–water partition coefficient (Wildman–Crippen LogP) is 3.39. The number of hydrogen-bond donors (Lipinski definition) is 2. The molecule has 198 valence electrons. The number of carbonyl (C=O) groups is 2. The Bertz CT molecular complexity index is 1450. The van der Waals surface area contributed by atoms with Crippen LogP contribution >= 0.6 is 0 Å². The van der Waals surface area contributed by atoms with Crippen LogP contribution in [-0.2, 0) is 14.8 Å². The van der Waals surface area contributed by atoms with Crippen molar-refractivity contribution >= 4 is 39.2 Å². The molecule has 0 saturated carbocycles. The fraction of sp³-hybridized carbons (Fsp3) is 0.200. The summed E-state index contributed by atoms with van der Waals surface area (Å²) in [6.07, 6.45) is -10.6. The van der Waals surface area contributed by atoms with Crippen LogP contribution in [0.5, 0.6) is 0 Å². The molecule has 0 aliphatic carbocycles. The van der Waals surface area contributed by atoms with Gasteiger partial charge < -0.3 is 4.52 Å². The van der Waals surface area contributed by atoms with Gasteiger partial charge in [0.15, 0.2) is 0 Å².